The summed E-state index contributed by atoms with van der Waals surface area (Å²) < 4.78 is 339. The maximum atomic E-state index is 13.5. The predicted molar refractivity (Wildman–Crippen MR) is 69.2 cm³/mol. The Balaban J connectivity index is -0.00000840. The average Bonchev–Trinajstić information content (AvgIpc) is 2.69. The standard InChI is InChI=1S/C12H2F25O4P.2K/c13-1(14,3(17,18)5(21,22)7(25,26)9(29,30)11(33,34)35)2(15,16)4(19,20)6(23,24)8(27,28)10(31,32)12(36,37)41-42(38,39)40;;/h(H2,38,39,40);;/q;2*+1/p-2. The molecule has 0 saturated carbocycles. The third-order valence-electron chi connectivity index (χ3n) is 4.50. The van der Waals surface area contributed by atoms with Crippen molar-refractivity contribution in [1.82, 2.24) is 0 Å². The molecule has 0 radical (unpaired) electrons. The first-order chi connectivity index (χ1) is 17.5. The Morgan fingerprint density at radius 3 is 0.659 bits per heavy atom. The van der Waals surface area contributed by atoms with Crippen molar-refractivity contribution in [2.75, 3.05) is 0 Å². The number of hydrogen-bond acceptors (Lipinski definition) is 4. The Hall–Kier alpha value is 1.63. The van der Waals surface area contributed by atoms with E-state index in [0.717, 1.165) is 0 Å². The maximum Gasteiger partial charge on any atom is 1.00 e. The van der Waals surface area contributed by atoms with Gasteiger partial charge in [-0.15, -0.1) is 0 Å². The zero-order chi connectivity index (χ0) is 35.2. The molecule has 0 aliphatic carbocycles. The Kier molecular flexibility index (Phi) is 14.9. The monoisotopic (exact) mass is 792 g/mol. The van der Waals surface area contributed by atoms with Crippen molar-refractivity contribution in [2.45, 2.75) is 71.5 Å². The molecule has 0 fully saturated rings. The smallest absolute Gasteiger partial charge is 0.790 e. The fourth-order valence-corrected chi connectivity index (χ4v) is 2.53. The van der Waals surface area contributed by atoms with Crippen molar-refractivity contribution < 1.29 is 231 Å². The van der Waals surface area contributed by atoms with E-state index in [2.05, 4.69) is 0 Å². The van der Waals surface area contributed by atoms with E-state index < -0.39 is 79.3 Å². The normalized spacial score (nSPS) is 16.3. The largest absolute Gasteiger partial charge is 1.00 e. The van der Waals surface area contributed by atoms with Gasteiger partial charge in [-0.2, -0.15) is 110 Å². The van der Waals surface area contributed by atoms with Crippen molar-refractivity contribution in [3.05, 3.63) is 0 Å². The fraction of sp³-hybridized carbons (Fsp3) is 1.00. The van der Waals surface area contributed by atoms with E-state index in [-0.39, 0.29) is 103 Å². The second-order valence-corrected chi connectivity index (χ2v) is 8.37. The molecule has 0 spiro atoms. The van der Waals surface area contributed by atoms with Crippen molar-refractivity contribution >= 4 is 7.82 Å². The molecule has 32 heteroatoms. The summed E-state index contributed by atoms with van der Waals surface area (Å²) in [6, 6.07) is 0. The van der Waals surface area contributed by atoms with E-state index in [0.29, 0.717) is 0 Å². The summed E-state index contributed by atoms with van der Waals surface area (Å²) in [5.74, 6) is -93.9. The van der Waals surface area contributed by atoms with Crippen LogP contribution in [-0.2, 0) is 9.09 Å². The Morgan fingerprint density at radius 1 is 0.341 bits per heavy atom. The van der Waals surface area contributed by atoms with Crippen LogP contribution in [0.3, 0.4) is 0 Å². The number of halogens is 25. The van der Waals surface area contributed by atoms with Crippen LogP contribution in [0.5, 0.6) is 0 Å². The first kappa shape index (κ1) is 50.0. The summed E-state index contributed by atoms with van der Waals surface area (Å²) in [4.78, 5) is 19.7. The van der Waals surface area contributed by atoms with Crippen LogP contribution >= 0.6 is 7.82 Å². The molecule has 0 aromatic rings. The van der Waals surface area contributed by atoms with E-state index in [9.17, 15) is 124 Å². The molecule has 0 aliphatic rings. The number of alkyl halides is 25. The molecule has 0 aromatic carbocycles. The number of phosphoric acid groups is 1. The second-order valence-electron chi connectivity index (χ2n) is 7.30. The zero-order valence-corrected chi connectivity index (χ0v) is 26.7. The van der Waals surface area contributed by atoms with Crippen LogP contribution in [0, 0.1) is 0 Å². The van der Waals surface area contributed by atoms with Gasteiger partial charge in [-0.05, 0) is 0 Å². The van der Waals surface area contributed by atoms with Crippen LogP contribution in [0.1, 0.15) is 0 Å². The third kappa shape index (κ3) is 6.97. The van der Waals surface area contributed by atoms with Gasteiger partial charge in [0.25, 0.3) is 0 Å². The fourth-order valence-electron chi connectivity index (χ4n) is 2.14. The van der Waals surface area contributed by atoms with Gasteiger partial charge in [0.15, 0.2) is 0 Å². The molecule has 254 valence electrons. The average molecular weight is 792 g/mol. The van der Waals surface area contributed by atoms with E-state index in [4.69, 9.17) is 0 Å². The molecule has 0 bridgehead atoms. The summed E-state index contributed by atoms with van der Waals surface area (Å²) in [5, 5.41) is 0. The molecule has 0 amide bonds. The molecule has 0 aliphatic heterocycles. The quantitative estimate of drug-likeness (QED) is 0.163. The molecule has 0 aromatic heterocycles. The molecule has 0 rings (SSSR count). The van der Waals surface area contributed by atoms with Crippen LogP contribution in [0.4, 0.5) is 110 Å². The molecule has 0 unspecified atom stereocenters. The van der Waals surface area contributed by atoms with Gasteiger partial charge in [-0.1, -0.05) is 0 Å². The number of hydrogen-bond donors (Lipinski definition) is 0. The summed E-state index contributed by atoms with van der Waals surface area (Å²) in [5.41, 5.74) is 0. The molecule has 0 heterocycles. The topological polar surface area (TPSA) is 72.4 Å². The second kappa shape index (κ2) is 13.1. The van der Waals surface area contributed by atoms with Gasteiger partial charge in [0.05, 0.1) is 7.82 Å². The van der Waals surface area contributed by atoms with Gasteiger partial charge in [0.2, 0.25) is 0 Å². The Bertz CT molecular complexity index is 1060. The summed E-state index contributed by atoms with van der Waals surface area (Å²) in [6.45, 7) is 0. The van der Waals surface area contributed by atoms with Crippen molar-refractivity contribution in [2.24, 2.45) is 0 Å². The minimum absolute atomic E-state index is 0. The van der Waals surface area contributed by atoms with E-state index in [1.807, 2.05) is 0 Å². The van der Waals surface area contributed by atoms with Gasteiger partial charge in [0.1, 0.15) is 0 Å². The number of rotatable bonds is 12. The summed E-state index contributed by atoms with van der Waals surface area (Å²) in [7, 11) is -7.85. The van der Waals surface area contributed by atoms with Crippen molar-refractivity contribution in [3.8, 4) is 0 Å². The Morgan fingerprint density at radius 2 is 0.500 bits per heavy atom. The van der Waals surface area contributed by atoms with Crippen LogP contribution < -0.4 is 113 Å². The predicted octanol–water partition coefficient (Wildman–Crippen LogP) is 0.348. The third-order valence-corrected chi connectivity index (χ3v) is 4.95. The Labute approximate surface area is 307 Å². The van der Waals surface area contributed by atoms with Crippen molar-refractivity contribution in [1.29, 1.82) is 0 Å². The van der Waals surface area contributed by atoms with Crippen molar-refractivity contribution in [3.63, 3.8) is 0 Å². The first-order valence-corrected chi connectivity index (χ1v) is 9.87. The first-order valence-electron chi connectivity index (χ1n) is 8.41. The van der Waals surface area contributed by atoms with Crippen LogP contribution in [-0.4, -0.2) is 71.5 Å². The van der Waals surface area contributed by atoms with Gasteiger partial charge in [0, 0.05) is 0 Å². The van der Waals surface area contributed by atoms with E-state index >= 15 is 0 Å². The molecule has 4 nitrogen and oxygen atoms in total. The van der Waals surface area contributed by atoms with Crippen LogP contribution in [0.15, 0.2) is 0 Å². The molecular weight excluding hydrogens is 792 g/mol. The molecule has 0 N–H and O–H groups in total. The molecule has 44 heavy (non-hydrogen) atoms. The van der Waals surface area contributed by atoms with Crippen LogP contribution in [0.25, 0.3) is 0 Å². The van der Waals surface area contributed by atoms with Gasteiger partial charge < -0.3 is 14.4 Å². The minimum Gasteiger partial charge on any atom is -0.790 e. The maximum absolute atomic E-state index is 13.5. The minimum atomic E-state index is -9.76. The molecule has 0 saturated heterocycles. The number of phosphoric ester groups is 1. The summed E-state index contributed by atoms with van der Waals surface area (Å²) >= 11 is 0. The van der Waals surface area contributed by atoms with Gasteiger partial charge in [-0.3, -0.25) is 4.52 Å². The van der Waals surface area contributed by atoms with E-state index in [1.165, 1.54) is 4.52 Å². The van der Waals surface area contributed by atoms with Crippen LogP contribution in [0.2, 0.25) is 0 Å². The molecule has 0 atom stereocenters. The van der Waals surface area contributed by atoms with Gasteiger partial charge >= 0.3 is 174 Å². The van der Waals surface area contributed by atoms with E-state index in [1.54, 1.807) is 0 Å². The summed E-state index contributed by atoms with van der Waals surface area (Å²) in [6.07, 6.45) is -16.3. The molecular formula is C12F25K2O4P. The zero-order valence-electron chi connectivity index (χ0n) is 19.5. The SMILES string of the molecule is O=P([O-])([O-])OC(F)(F)C(F)(F)C(F)(F)C(F)(F)C(F)(F)C(F)(F)C(F)(F)C(F)(F)C(F)(F)C(F)(F)C(F)(F)C(F)(F)F.[K+].[K+]. The van der Waals surface area contributed by atoms with Gasteiger partial charge in [-0.25, -0.2) is 0 Å².